The summed E-state index contributed by atoms with van der Waals surface area (Å²) in [6, 6.07) is 4.98. The van der Waals surface area contributed by atoms with Crippen molar-refractivity contribution < 1.29 is 8.42 Å². The fourth-order valence-electron chi connectivity index (χ4n) is 1.56. The van der Waals surface area contributed by atoms with Crippen molar-refractivity contribution in [2.24, 2.45) is 0 Å². The molecule has 15 heavy (non-hydrogen) atoms. The summed E-state index contributed by atoms with van der Waals surface area (Å²) in [5, 5.41) is 0. The standard InChI is InChI=1S/C10H14N2O2S/c1-8-3-4-9(11)7-10(8)15(13,14)12-5-2-6-12/h3-4,7H,2,5-6,11H2,1H3. The third-order valence-corrected chi connectivity index (χ3v) is 4.69. The van der Waals surface area contributed by atoms with E-state index in [0.29, 0.717) is 23.7 Å². The molecule has 1 fully saturated rings. The Morgan fingerprint density at radius 1 is 1.33 bits per heavy atom. The highest BCUT2D eigenvalue weighted by molar-refractivity contribution is 7.89. The van der Waals surface area contributed by atoms with E-state index in [-0.39, 0.29) is 0 Å². The minimum atomic E-state index is -3.30. The monoisotopic (exact) mass is 226 g/mol. The molecule has 2 N–H and O–H groups in total. The maximum Gasteiger partial charge on any atom is 0.243 e. The molecule has 0 spiro atoms. The van der Waals surface area contributed by atoms with Gasteiger partial charge in [0.05, 0.1) is 4.90 Å². The van der Waals surface area contributed by atoms with Gasteiger partial charge in [-0.1, -0.05) is 6.07 Å². The van der Waals surface area contributed by atoms with E-state index in [2.05, 4.69) is 0 Å². The molecule has 0 unspecified atom stereocenters. The molecule has 0 aromatic heterocycles. The fraction of sp³-hybridized carbons (Fsp3) is 0.400. The zero-order valence-corrected chi connectivity index (χ0v) is 9.42. The zero-order chi connectivity index (χ0) is 11.1. The number of anilines is 1. The van der Waals surface area contributed by atoms with E-state index in [1.807, 2.05) is 0 Å². The van der Waals surface area contributed by atoms with Crippen molar-refractivity contribution in [3.63, 3.8) is 0 Å². The van der Waals surface area contributed by atoms with Gasteiger partial charge in [-0.2, -0.15) is 4.31 Å². The number of nitrogens with zero attached hydrogens (tertiary/aromatic N) is 1. The van der Waals surface area contributed by atoms with Gasteiger partial charge in [-0.05, 0) is 31.0 Å². The molecule has 1 saturated heterocycles. The molecule has 4 nitrogen and oxygen atoms in total. The first-order valence-corrected chi connectivity index (χ1v) is 6.32. The fourth-order valence-corrected chi connectivity index (χ4v) is 3.34. The Hall–Kier alpha value is -1.07. The van der Waals surface area contributed by atoms with Gasteiger partial charge in [-0.3, -0.25) is 0 Å². The minimum Gasteiger partial charge on any atom is -0.399 e. The second kappa shape index (κ2) is 3.50. The van der Waals surface area contributed by atoms with Crippen molar-refractivity contribution in [3.8, 4) is 0 Å². The second-order valence-electron chi connectivity index (χ2n) is 3.78. The lowest BCUT2D eigenvalue weighted by atomic mass is 10.2. The van der Waals surface area contributed by atoms with Crippen molar-refractivity contribution in [1.82, 2.24) is 4.31 Å². The lowest BCUT2D eigenvalue weighted by Gasteiger charge is -2.30. The lowest BCUT2D eigenvalue weighted by Crippen LogP contribution is -2.42. The van der Waals surface area contributed by atoms with E-state index >= 15 is 0 Å². The van der Waals surface area contributed by atoms with Gasteiger partial charge in [0.1, 0.15) is 0 Å². The summed E-state index contributed by atoms with van der Waals surface area (Å²) in [5.74, 6) is 0. The van der Waals surface area contributed by atoms with Crippen molar-refractivity contribution >= 4 is 15.7 Å². The molecule has 0 amide bonds. The van der Waals surface area contributed by atoms with E-state index in [0.717, 1.165) is 12.0 Å². The molecule has 1 aliphatic rings. The maximum absolute atomic E-state index is 12.1. The zero-order valence-electron chi connectivity index (χ0n) is 8.60. The average molecular weight is 226 g/mol. The summed E-state index contributed by atoms with van der Waals surface area (Å²) in [4.78, 5) is 0.335. The highest BCUT2D eigenvalue weighted by Crippen LogP contribution is 2.25. The first-order chi connectivity index (χ1) is 7.01. The molecule has 0 aliphatic carbocycles. The van der Waals surface area contributed by atoms with Crippen LogP contribution in [0.2, 0.25) is 0 Å². The van der Waals surface area contributed by atoms with E-state index < -0.39 is 10.0 Å². The average Bonchev–Trinajstić information content (AvgIpc) is 2.05. The minimum absolute atomic E-state index is 0.335. The van der Waals surface area contributed by atoms with E-state index in [1.165, 1.54) is 10.4 Å². The van der Waals surface area contributed by atoms with Gasteiger partial charge in [0.15, 0.2) is 0 Å². The van der Waals surface area contributed by atoms with Crippen molar-refractivity contribution in [2.45, 2.75) is 18.2 Å². The van der Waals surface area contributed by atoms with E-state index in [4.69, 9.17) is 5.73 Å². The van der Waals surface area contributed by atoms with Crippen LogP contribution in [0.25, 0.3) is 0 Å². The van der Waals surface area contributed by atoms with Crippen LogP contribution in [0.1, 0.15) is 12.0 Å². The van der Waals surface area contributed by atoms with Crippen molar-refractivity contribution in [1.29, 1.82) is 0 Å². The molecule has 0 bridgehead atoms. The number of hydrogen-bond donors (Lipinski definition) is 1. The Morgan fingerprint density at radius 2 is 2.00 bits per heavy atom. The first kappa shape index (κ1) is 10.4. The molecule has 0 saturated carbocycles. The van der Waals surface area contributed by atoms with Gasteiger partial charge in [0, 0.05) is 18.8 Å². The Kier molecular flexibility index (Phi) is 2.44. The topological polar surface area (TPSA) is 63.4 Å². The molecule has 0 radical (unpaired) electrons. The Morgan fingerprint density at radius 3 is 2.53 bits per heavy atom. The number of nitrogens with two attached hydrogens (primary N) is 1. The van der Waals surface area contributed by atoms with Gasteiger partial charge in [0.25, 0.3) is 0 Å². The molecule has 1 heterocycles. The van der Waals surface area contributed by atoms with Gasteiger partial charge in [-0.15, -0.1) is 0 Å². The number of sulfonamides is 1. The Labute approximate surface area is 89.7 Å². The van der Waals surface area contributed by atoms with Crippen LogP contribution in [0.15, 0.2) is 23.1 Å². The predicted molar refractivity (Wildman–Crippen MR) is 59.0 cm³/mol. The highest BCUT2D eigenvalue weighted by Gasteiger charge is 2.30. The Balaban J connectivity index is 2.48. The van der Waals surface area contributed by atoms with Crippen LogP contribution in [-0.2, 0) is 10.0 Å². The molecule has 1 aliphatic heterocycles. The largest absolute Gasteiger partial charge is 0.399 e. The molecular weight excluding hydrogens is 212 g/mol. The normalized spacial score (nSPS) is 17.4. The smallest absolute Gasteiger partial charge is 0.243 e. The lowest BCUT2D eigenvalue weighted by molar-refractivity contribution is 0.309. The number of nitrogen functional groups attached to an aromatic ring is 1. The molecule has 1 aromatic carbocycles. The summed E-state index contributed by atoms with van der Waals surface area (Å²) in [5.41, 5.74) is 6.83. The van der Waals surface area contributed by atoms with Crippen LogP contribution in [-0.4, -0.2) is 25.8 Å². The highest BCUT2D eigenvalue weighted by atomic mass is 32.2. The molecule has 0 atom stereocenters. The second-order valence-corrected chi connectivity index (χ2v) is 5.69. The predicted octanol–water partition coefficient (Wildman–Crippen LogP) is 0.972. The van der Waals surface area contributed by atoms with Gasteiger partial charge in [-0.25, -0.2) is 8.42 Å². The third-order valence-electron chi connectivity index (χ3n) is 2.65. The van der Waals surface area contributed by atoms with Crippen LogP contribution in [0.3, 0.4) is 0 Å². The SMILES string of the molecule is Cc1ccc(N)cc1S(=O)(=O)N1CCC1. The number of hydrogen-bond acceptors (Lipinski definition) is 3. The summed E-state index contributed by atoms with van der Waals surface area (Å²) < 4.78 is 25.6. The van der Waals surface area contributed by atoms with Crippen LogP contribution in [0.5, 0.6) is 0 Å². The molecule has 1 aromatic rings. The van der Waals surface area contributed by atoms with Crippen LogP contribution < -0.4 is 5.73 Å². The van der Waals surface area contributed by atoms with Crippen LogP contribution in [0.4, 0.5) is 5.69 Å². The van der Waals surface area contributed by atoms with Gasteiger partial charge < -0.3 is 5.73 Å². The summed E-state index contributed by atoms with van der Waals surface area (Å²) in [6.45, 7) is 3.03. The number of aryl methyl sites for hydroxylation is 1. The van der Waals surface area contributed by atoms with E-state index in [1.54, 1.807) is 19.1 Å². The summed E-state index contributed by atoms with van der Waals surface area (Å²) >= 11 is 0. The molecular formula is C10H14N2O2S. The van der Waals surface area contributed by atoms with Crippen LogP contribution >= 0.6 is 0 Å². The maximum atomic E-state index is 12.1. The van der Waals surface area contributed by atoms with Crippen molar-refractivity contribution in [2.75, 3.05) is 18.8 Å². The molecule has 2 rings (SSSR count). The summed E-state index contributed by atoms with van der Waals surface area (Å²) in [6.07, 6.45) is 0.945. The Bertz CT molecular complexity index is 478. The number of benzene rings is 1. The third kappa shape index (κ3) is 1.72. The van der Waals surface area contributed by atoms with Crippen molar-refractivity contribution in [3.05, 3.63) is 23.8 Å². The first-order valence-electron chi connectivity index (χ1n) is 4.88. The summed E-state index contributed by atoms with van der Waals surface area (Å²) in [7, 11) is -3.30. The molecule has 5 heteroatoms. The van der Waals surface area contributed by atoms with Gasteiger partial charge in [0.2, 0.25) is 10.0 Å². The quantitative estimate of drug-likeness (QED) is 0.764. The van der Waals surface area contributed by atoms with E-state index in [9.17, 15) is 8.42 Å². The number of rotatable bonds is 2. The molecule has 82 valence electrons. The van der Waals surface area contributed by atoms with Crippen LogP contribution in [0, 0.1) is 6.92 Å². The van der Waals surface area contributed by atoms with Gasteiger partial charge >= 0.3 is 0 Å².